The minimum Gasteiger partial charge on any atom is -0.372 e. The molecule has 4 heteroatoms. The fourth-order valence-corrected chi connectivity index (χ4v) is 5.92. The van der Waals surface area contributed by atoms with Crippen molar-refractivity contribution in [2.45, 2.75) is 85.0 Å². The van der Waals surface area contributed by atoms with Gasteiger partial charge in [0.1, 0.15) is 0 Å². The summed E-state index contributed by atoms with van der Waals surface area (Å²) >= 11 is 0. The van der Waals surface area contributed by atoms with Crippen molar-refractivity contribution in [3.05, 3.63) is 23.8 Å². The van der Waals surface area contributed by atoms with Crippen molar-refractivity contribution in [2.24, 2.45) is 11.3 Å². The van der Waals surface area contributed by atoms with Crippen molar-refractivity contribution in [1.82, 2.24) is 4.90 Å². The van der Waals surface area contributed by atoms with Crippen LogP contribution in [0.15, 0.2) is 18.2 Å². The second-order valence-electron chi connectivity index (χ2n) is 11.5. The number of halogens is 1. The number of rotatable bonds is 6. The van der Waals surface area contributed by atoms with E-state index >= 15 is 0 Å². The Morgan fingerprint density at radius 3 is 2.16 bits per heavy atom. The van der Waals surface area contributed by atoms with Crippen molar-refractivity contribution in [3.63, 3.8) is 0 Å². The van der Waals surface area contributed by atoms with Gasteiger partial charge in [-0.3, -0.25) is 4.90 Å². The van der Waals surface area contributed by atoms with Gasteiger partial charge < -0.3 is 9.80 Å². The van der Waals surface area contributed by atoms with Crippen LogP contribution in [0, 0.1) is 11.3 Å². The van der Waals surface area contributed by atoms with Crippen molar-refractivity contribution < 1.29 is 0 Å². The van der Waals surface area contributed by atoms with Gasteiger partial charge in [-0.2, -0.15) is 0 Å². The number of hydrogen-bond donors (Lipinski definition) is 0. The van der Waals surface area contributed by atoms with Gasteiger partial charge in [0.15, 0.2) is 0 Å². The zero-order valence-electron chi connectivity index (χ0n) is 21.2. The highest BCUT2D eigenvalue weighted by molar-refractivity contribution is 5.85. The van der Waals surface area contributed by atoms with Gasteiger partial charge >= 0.3 is 0 Å². The van der Waals surface area contributed by atoms with E-state index in [2.05, 4.69) is 60.6 Å². The molecule has 0 aromatic heterocycles. The molecule has 2 aliphatic heterocycles. The van der Waals surface area contributed by atoms with Crippen molar-refractivity contribution in [3.8, 4) is 0 Å². The highest BCUT2D eigenvalue weighted by Gasteiger charge is 2.31. The summed E-state index contributed by atoms with van der Waals surface area (Å²) in [7, 11) is 0. The molecular formula is C28H48ClN3. The molecule has 1 aromatic carbocycles. The van der Waals surface area contributed by atoms with E-state index in [1.54, 1.807) is 11.3 Å². The third-order valence-electron chi connectivity index (χ3n) is 8.48. The number of anilines is 2. The van der Waals surface area contributed by atoms with Gasteiger partial charge in [0.2, 0.25) is 0 Å². The van der Waals surface area contributed by atoms with Crippen LogP contribution in [0.4, 0.5) is 11.4 Å². The van der Waals surface area contributed by atoms with Crippen LogP contribution in [0.2, 0.25) is 0 Å². The van der Waals surface area contributed by atoms with Crippen molar-refractivity contribution in [1.29, 1.82) is 0 Å². The van der Waals surface area contributed by atoms with Gasteiger partial charge in [0.25, 0.3) is 0 Å². The Kier molecular flexibility index (Phi) is 9.21. The van der Waals surface area contributed by atoms with E-state index in [4.69, 9.17) is 0 Å². The molecule has 0 spiro atoms. The predicted molar refractivity (Wildman–Crippen MR) is 143 cm³/mol. The van der Waals surface area contributed by atoms with E-state index < -0.39 is 0 Å². The molecule has 32 heavy (non-hydrogen) atoms. The lowest BCUT2D eigenvalue weighted by molar-refractivity contribution is 0.224. The lowest BCUT2D eigenvalue weighted by Crippen LogP contribution is -2.47. The first-order valence-corrected chi connectivity index (χ1v) is 13.3. The molecule has 3 aliphatic rings. The van der Waals surface area contributed by atoms with E-state index in [0.29, 0.717) is 5.41 Å². The Balaban J connectivity index is 0.00000289. The SMILES string of the molecule is CCCCN1CCN(c2ccc(N3CCC(C)CC3)cc2C2CCC(C)(C)CC2)CC1.Cl. The summed E-state index contributed by atoms with van der Waals surface area (Å²) in [6.45, 7) is 18.2. The van der Waals surface area contributed by atoms with Crippen LogP contribution in [-0.4, -0.2) is 50.7 Å². The van der Waals surface area contributed by atoms with Gasteiger partial charge in [0.05, 0.1) is 0 Å². The molecule has 1 saturated carbocycles. The Labute approximate surface area is 204 Å². The summed E-state index contributed by atoms with van der Waals surface area (Å²) in [5.74, 6) is 1.63. The summed E-state index contributed by atoms with van der Waals surface area (Å²) in [6.07, 6.45) is 10.8. The van der Waals surface area contributed by atoms with Gasteiger partial charge in [-0.1, -0.05) is 34.1 Å². The fourth-order valence-electron chi connectivity index (χ4n) is 5.92. The number of nitrogens with zero attached hydrogens (tertiary/aromatic N) is 3. The van der Waals surface area contributed by atoms with Crippen LogP contribution < -0.4 is 9.80 Å². The van der Waals surface area contributed by atoms with Crippen LogP contribution in [-0.2, 0) is 0 Å². The molecule has 0 atom stereocenters. The van der Waals surface area contributed by atoms with E-state index in [1.807, 2.05) is 0 Å². The molecule has 3 fully saturated rings. The van der Waals surface area contributed by atoms with Gasteiger partial charge in [-0.15, -0.1) is 12.4 Å². The number of hydrogen-bond acceptors (Lipinski definition) is 3. The third kappa shape index (κ3) is 6.35. The standard InChI is InChI=1S/C28H47N3.ClH/c1-5-6-15-29-18-20-31(21-19-29)27-8-7-25(30-16-11-23(2)12-17-30)22-26(27)24-9-13-28(3,4)14-10-24;/h7-8,22-24H,5-6,9-21H2,1-4H3;1H. The maximum atomic E-state index is 2.71. The fraction of sp³-hybridized carbons (Fsp3) is 0.786. The van der Waals surface area contributed by atoms with E-state index in [1.165, 1.54) is 103 Å². The van der Waals surface area contributed by atoms with Gasteiger partial charge in [-0.25, -0.2) is 0 Å². The average molecular weight is 462 g/mol. The molecular weight excluding hydrogens is 414 g/mol. The number of piperidine rings is 1. The molecule has 4 rings (SSSR count). The normalized spacial score (nSPS) is 23.2. The first-order chi connectivity index (χ1) is 14.9. The largest absolute Gasteiger partial charge is 0.372 e. The molecule has 0 bridgehead atoms. The minimum atomic E-state index is 0. The first-order valence-electron chi connectivity index (χ1n) is 13.3. The second-order valence-corrected chi connectivity index (χ2v) is 11.5. The molecule has 1 aromatic rings. The number of unbranched alkanes of at least 4 members (excludes halogenated alkanes) is 1. The van der Waals surface area contributed by atoms with E-state index in [9.17, 15) is 0 Å². The van der Waals surface area contributed by atoms with Crippen molar-refractivity contribution >= 4 is 23.8 Å². The summed E-state index contributed by atoms with van der Waals surface area (Å²) in [5, 5.41) is 0. The zero-order valence-corrected chi connectivity index (χ0v) is 22.1. The van der Waals surface area contributed by atoms with Crippen molar-refractivity contribution in [2.75, 3.05) is 55.6 Å². The van der Waals surface area contributed by atoms with Crippen LogP contribution in [0.5, 0.6) is 0 Å². The molecule has 3 nitrogen and oxygen atoms in total. The van der Waals surface area contributed by atoms with Crippen LogP contribution in [0.25, 0.3) is 0 Å². The molecule has 0 amide bonds. The molecule has 1 aliphatic carbocycles. The number of piperazine rings is 1. The Morgan fingerprint density at radius 2 is 1.53 bits per heavy atom. The second kappa shape index (κ2) is 11.5. The van der Waals surface area contributed by atoms with Gasteiger partial charge in [0, 0.05) is 50.6 Å². The molecule has 182 valence electrons. The first kappa shape index (κ1) is 25.7. The van der Waals surface area contributed by atoms with Crippen LogP contribution in [0.1, 0.15) is 90.5 Å². The summed E-state index contributed by atoms with van der Waals surface area (Å²) < 4.78 is 0. The molecule has 2 saturated heterocycles. The van der Waals surface area contributed by atoms with E-state index in [-0.39, 0.29) is 12.4 Å². The Morgan fingerprint density at radius 1 is 0.875 bits per heavy atom. The van der Waals surface area contributed by atoms with Gasteiger partial charge in [-0.05, 0) is 92.5 Å². The predicted octanol–water partition coefficient (Wildman–Crippen LogP) is 6.95. The highest BCUT2D eigenvalue weighted by atomic mass is 35.5. The monoisotopic (exact) mass is 461 g/mol. The van der Waals surface area contributed by atoms with E-state index in [0.717, 1.165) is 11.8 Å². The lowest BCUT2D eigenvalue weighted by atomic mass is 9.71. The molecule has 0 radical (unpaired) electrons. The molecule has 0 unspecified atom stereocenters. The van der Waals surface area contributed by atoms with Crippen LogP contribution >= 0.6 is 12.4 Å². The maximum absolute atomic E-state index is 2.71. The topological polar surface area (TPSA) is 9.72 Å². The minimum absolute atomic E-state index is 0. The Bertz CT molecular complexity index is 693. The Hall–Kier alpha value is -0.930. The lowest BCUT2D eigenvalue weighted by Gasteiger charge is -2.40. The summed E-state index contributed by atoms with van der Waals surface area (Å²) in [6, 6.07) is 7.53. The smallest absolute Gasteiger partial charge is 0.0404 e. The van der Waals surface area contributed by atoms with Crippen LogP contribution in [0.3, 0.4) is 0 Å². The summed E-state index contributed by atoms with van der Waals surface area (Å²) in [4.78, 5) is 8.04. The average Bonchev–Trinajstić information content (AvgIpc) is 2.78. The maximum Gasteiger partial charge on any atom is 0.0404 e. The summed E-state index contributed by atoms with van der Waals surface area (Å²) in [5.41, 5.74) is 5.22. The third-order valence-corrected chi connectivity index (χ3v) is 8.48. The quantitative estimate of drug-likeness (QED) is 0.453. The highest BCUT2D eigenvalue weighted by Crippen LogP contribution is 2.46. The molecule has 0 N–H and O–H groups in total. The number of benzene rings is 1. The molecule has 2 heterocycles. The zero-order chi connectivity index (χ0) is 21.8.